The van der Waals surface area contributed by atoms with E-state index >= 15 is 0 Å². The van der Waals surface area contributed by atoms with E-state index < -0.39 is 0 Å². The van der Waals surface area contributed by atoms with Gasteiger partial charge in [-0.1, -0.05) is 25.1 Å². The number of fused-ring (bicyclic) bond motifs is 1. The summed E-state index contributed by atoms with van der Waals surface area (Å²) in [6, 6.07) is 22.2. The Morgan fingerprint density at radius 3 is 2.42 bits per heavy atom. The number of pyridine rings is 1. The third-order valence-electron chi connectivity index (χ3n) is 4.36. The van der Waals surface area contributed by atoms with Gasteiger partial charge in [0.05, 0.1) is 12.8 Å². The SMILES string of the molecule is CCc1ccc(Nc2nc3cccc(-c4ccc(OC)cc4)n3n2)cc1. The first kappa shape index (κ1) is 16.1. The smallest absolute Gasteiger partial charge is 0.247 e. The number of rotatable bonds is 5. The monoisotopic (exact) mass is 344 g/mol. The standard InChI is InChI=1S/C21H20N4O/c1-3-15-7-11-17(12-8-15)22-21-23-20-6-4-5-19(25(20)24-21)16-9-13-18(26-2)14-10-16/h4-14H,3H2,1-2H3,(H,22,24). The molecular formula is C21H20N4O. The number of hydrogen-bond acceptors (Lipinski definition) is 4. The first-order chi connectivity index (χ1) is 12.8. The molecule has 0 saturated carbocycles. The summed E-state index contributed by atoms with van der Waals surface area (Å²) in [6.45, 7) is 2.15. The Morgan fingerprint density at radius 2 is 1.73 bits per heavy atom. The van der Waals surface area contributed by atoms with E-state index in [4.69, 9.17) is 4.74 Å². The summed E-state index contributed by atoms with van der Waals surface area (Å²) < 4.78 is 7.09. The molecule has 26 heavy (non-hydrogen) atoms. The summed E-state index contributed by atoms with van der Waals surface area (Å²) in [5.74, 6) is 1.41. The molecule has 5 heteroatoms. The summed E-state index contributed by atoms with van der Waals surface area (Å²) in [5, 5.41) is 7.91. The van der Waals surface area contributed by atoms with Crippen LogP contribution in [-0.2, 0) is 6.42 Å². The van der Waals surface area contributed by atoms with E-state index in [9.17, 15) is 0 Å². The maximum absolute atomic E-state index is 5.23. The molecule has 0 atom stereocenters. The first-order valence-electron chi connectivity index (χ1n) is 8.63. The van der Waals surface area contributed by atoms with Crippen LogP contribution in [0.5, 0.6) is 5.75 Å². The van der Waals surface area contributed by atoms with Gasteiger partial charge < -0.3 is 10.1 Å². The second-order valence-corrected chi connectivity index (χ2v) is 6.02. The fourth-order valence-electron chi connectivity index (χ4n) is 2.89. The highest BCUT2D eigenvalue weighted by atomic mass is 16.5. The molecule has 4 rings (SSSR count). The molecule has 0 bridgehead atoms. The summed E-state index contributed by atoms with van der Waals surface area (Å²) in [5.41, 5.74) is 5.11. The number of nitrogens with one attached hydrogen (secondary N) is 1. The Balaban J connectivity index is 1.68. The molecule has 2 heterocycles. The van der Waals surface area contributed by atoms with Crippen molar-refractivity contribution in [3.8, 4) is 17.0 Å². The second kappa shape index (κ2) is 6.88. The predicted octanol–water partition coefficient (Wildman–Crippen LogP) is 4.71. The molecule has 0 spiro atoms. The van der Waals surface area contributed by atoms with Crippen molar-refractivity contribution < 1.29 is 4.74 Å². The molecule has 0 amide bonds. The van der Waals surface area contributed by atoms with E-state index in [0.717, 1.165) is 34.8 Å². The second-order valence-electron chi connectivity index (χ2n) is 6.02. The quantitative estimate of drug-likeness (QED) is 0.569. The van der Waals surface area contributed by atoms with Gasteiger partial charge in [-0.2, -0.15) is 4.98 Å². The highest BCUT2D eigenvalue weighted by Gasteiger charge is 2.09. The Labute approximate surface area is 152 Å². The van der Waals surface area contributed by atoms with Crippen LogP contribution in [0.15, 0.2) is 66.7 Å². The van der Waals surface area contributed by atoms with Crippen molar-refractivity contribution >= 4 is 17.3 Å². The van der Waals surface area contributed by atoms with Crippen molar-refractivity contribution in [2.75, 3.05) is 12.4 Å². The maximum atomic E-state index is 5.23. The van der Waals surface area contributed by atoms with Crippen LogP contribution in [0.25, 0.3) is 16.9 Å². The fourth-order valence-corrected chi connectivity index (χ4v) is 2.89. The minimum absolute atomic E-state index is 0.579. The van der Waals surface area contributed by atoms with Crippen LogP contribution in [0.1, 0.15) is 12.5 Å². The van der Waals surface area contributed by atoms with Crippen molar-refractivity contribution in [3.63, 3.8) is 0 Å². The highest BCUT2D eigenvalue weighted by Crippen LogP contribution is 2.24. The van der Waals surface area contributed by atoms with Crippen molar-refractivity contribution in [1.29, 1.82) is 0 Å². The van der Waals surface area contributed by atoms with Gasteiger partial charge in [-0.15, -0.1) is 5.10 Å². The van der Waals surface area contributed by atoms with Crippen LogP contribution < -0.4 is 10.1 Å². The molecule has 5 nitrogen and oxygen atoms in total. The average Bonchev–Trinajstić information content (AvgIpc) is 3.11. The molecular weight excluding hydrogens is 324 g/mol. The van der Waals surface area contributed by atoms with Crippen LogP contribution in [-0.4, -0.2) is 21.7 Å². The van der Waals surface area contributed by atoms with E-state index in [2.05, 4.69) is 46.6 Å². The van der Waals surface area contributed by atoms with Gasteiger partial charge >= 0.3 is 0 Å². The predicted molar refractivity (Wildman–Crippen MR) is 104 cm³/mol. The van der Waals surface area contributed by atoms with Gasteiger partial charge in [0.25, 0.3) is 0 Å². The lowest BCUT2D eigenvalue weighted by Gasteiger charge is -2.05. The minimum atomic E-state index is 0.579. The molecule has 2 aromatic heterocycles. The lowest BCUT2D eigenvalue weighted by Crippen LogP contribution is -1.96. The maximum Gasteiger partial charge on any atom is 0.247 e. The third-order valence-corrected chi connectivity index (χ3v) is 4.36. The van der Waals surface area contributed by atoms with Gasteiger partial charge in [0.2, 0.25) is 5.95 Å². The topological polar surface area (TPSA) is 51.5 Å². The zero-order valence-corrected chi connectivity index (χ0v) is 14.8. The van der Waals surface area contributed by atoms with E-state index in [1.54, 1.807) is 7.11 Å². The molecule has 0 unspecified atom stereocenters. The van der Waals surface area contributed by atoms with Crippen LogP contribution in [0.2, 0.25) is 0 Å². The number of nitrogens with zero attached hydrogens (tertiary/aromatic N) is 3. The summed E-state index contributed by atoms with van der Waals surface area (Å²) in [4.78, 5) is 4.59. The zero-order chi connectivity index (χ0) is 17.9. The van der Waals surface area contributed by atoms with E-state index in [1.807, 2.05) is 47.0 Å². The number of anilines is 2. The number of ether oxygens (including phenoxy) is 1. The molecule has 2 aromatic carbocycles. The molecule has 1 N–H and O–H groups in total. The molecule has 0 aliphatic carbocycles. The van der Waals surface area contributed by atoms with Crippen molar-refractivity contribution in [2.24, 2.45) is 0 Å². The summed E-state index contributed by atoms with van der Waals surface area (Å²) >= 11 is 0. The van der Waals surface area contributed by atoms with Gasteiger partial charge in [0, 0.05) is 11.3 Å². The first-order valence-corrected chi connectivity index (χ1v) is 8.63. The Hall–Kier alpha value is -3.34. The largest absolute Gasteiger partial charge is 0.497 e. The molecule has 130 valence electrons. The normalized spacial score (nSPS) is 10.8. The molecule has 0 aliphatic rings. The minimum Gasteiger partial charge on any atom is -0.497 e. The molecule has 0 radical (unpaired) electrons. The van der Waals surface area contributed by atoms with Gasteiger partial charge in [-0.3, -0.25) is 0 Å². The van der Waals surface area contributed by atoms with Gasteiger partial charge in [-0.25, -0.2) is 4.52 Å². The fraction of sp³-hybridized carbons (Fsp3) is 0.143. The van der Waals surface area contributed by atoms with Crippen LogP contribution in [0, 0.1) is 0 Å². The number of methoxy groups -OCH3 is 1. The van der Waals surface area contributed by atoms with Gasteiger partial charge in [0.15, 0.2) is 5.65 Å². The Bertz CT molecular complexity index is 1020. The van der Waals surface area contributed by atoms with Crippen molar-refractivity contribution in [1.82, 2.24) is 14.6 Å². The van der Waals surface area contributed by atoms with Crippen LogP contribution >= 0.6 is 0 Å². The molecule has 0 fully saturated rings. The lowest BCUT2D eigenvalue weighted by atomic mass is 10.1. The van der Waals surface area contributed by atoms with E-state index in [0.29, 0.717) is 5.95 Å². The van der Waals surface area contributed by atoms with E-state index in [1.165, 1.54) is 5.56 Å². The Kier molecular flexibility index (Phi) is 4.27. The molecule has 4 aromatic rings. The zero-order valence-electron chi connectivity index (χ0n) is 14.8. The number of aryl methyl sites for hydroxylation is 1. The third kappa shape index (κ3) is 3.11. The van der Waals surface area contributed by atoms with Gasteiger partial charge in [0.1, 0.15) is 5.75 Å². The van der Waals surface area contributed by atoms with Crippen LogP contribution in [0.4, 0.5) is 11.6 Å². The van der Waals surface area contributed by atoms with Crippen LogP contribution in [0.3, 0.4) is 0 Å². The summed E-state index contributed by atoms with van der Waals surface area (Å²) in [6.07, 6.45) is 1.03. The molecule has 0 aliphatic heterocycles. The van der Waals surface area contributed by atoms with E-state index in [-0.39, 0.29) is 0 Å². The Morgan fingerprint density at radius 1 is 0.962 bits per heavy atom. The van der Waals surface area contributed by atoms with Crippen molar-refractivity contribution in [3.05, 3.63) is 72.3 Å². The number of benzene rings is 2. The average molecular weight is 344 g/mol. The summed E-state index contributed by atoms with van der Waals surface area (Å²) in [7, 11) is 1.66. The van der Waals surface area contributed by atoms with Crippen molar-refractivity contribution in [2.45, 2.75) is 13.3 Å². The highest BCUT2D eigenvalue weighted by molar-refractivity contribution is 5.65. The van der Waals surface area contributed by atoms with Gasteiger partial charge in [-0.05, 0) is 60.5 Å². The number of aromatic nitrogens is 3. The number of hydrogen-bond donors (Lipinski definition) is 1. The molecule has 0 saturated heterocycles. The lowest BCUT2D eigenvalue weighted by molar-refractivity contribution is 0.415.